The van der Waals surface area contributed by atoms with Gasteiger partial charge in [0.15, 0.2) is 0 Å². The number of aliphatic hydroxyl groups excluding tert-OH is 1. The minimum absolute atomic E-state index is 0.0349. The number of aliphatic hydroxyl groups is 1. The molecule has 2 fully saturated rings. The van der Waals surface area contributed by atoms with Crippen LogP contribution in [0.3, 0.4) is 0 Å². The van der Waals surface area contributed by atoms with Crippen LogP contribution < -0.4 is 0 Å². The molecule has 0 aromatic heterocycles. The van der Waals surface area contributed by atoms with Crippen LogP contribution in [-0.2, 0) is 10.2 Å². The van der Waals surface area contributed by atoms with Crippen LogP contribution >= 0.6 is 0 Å². The molecule has 3 rings (SSSR count). The van der Waals surface area contributed by atoms with Crippen molar-refractivity contribution in [3.05, 3.63) is 35.4 Å². The zero-order valence-corrected chi connectivity index (χ0v) is 10.1. The summed E-state index contributed by atoms with van der Waals surface area (Å²) < 4.78 is 32.3. The molecule has 18 heavy (non-hydrogen) atoms. The normalized spacial score (nSPS) is 24.2. The third-order valence-corrected chi connectivity index (χ3v) is 4.77. The molecule has 1 saturated carbocycles. The Kier molecular flexibility index (Phi) is 2.68. The van der Waals surface area contributed by atoms with Gasteiger partial charge in [-0.2, -0.15) is 0 Å². The average Bonchev–Trinajstić information content (AvgIpc) is 2.22. The van der Waals surface area contributed by atoms with Crippen molar-refractivity contribution in [3.63, 3.8) is 0 Å². The average molecular weight is 254 g/mol. The first-order chi connectivity index (χ1) is 8.63. The maximum absolute atomic E-state index is 14.0. The van der Waals surface area contributed by atoms with E-state index in [-0.39, 0.29) is 12.0 Å². The highest BCUT2D eigenvalue weighted by atomic mass is 19.1. The van der Waals surface area contributed by atoms with Gasteiger partial charge in [-0.1, -0.05) is 12.5 Å². The maximum atomic E-state index is 14.0. The van der Waals surface area contributed by atoms with Crippen molar-refractivity contribution in [2.45, 2.75) is 24.7 Å². The lowest BCUT2D eigenvalue weighted by Gasteiger charge is -2.59. The fraction of sp³-hybridized carbons (Fsp3) is 0.571. The van der Waals surface area contributed by atoms with Gasteiger partial charge in [0.1, 0.15) is 11.6 Å². The SMILES string of the molecule is OCC1(C2(c3ccc(F)cc3F)COC2)CCC1. The highest BCUT2D eigenvalue weighted by Gasteiger charge is 2.60. The Hall–Kier alpha value is -1.00. The zero-order valence-electron chi connectivity index (χ0n) is 10.1. The van der Waals surface area contributed by atoms with Gasteiger partial charge in [0, 0.05) is 18.1 Å². The molecule has 0 radical (unpaired) electrons. The molecule has 1 aliphatic heterocycles. The highest BCUT2D eigenvalue weighted by molar-refractivity contribution is 5.34. The van der Waals surface area contributed by atoms with Gasteiger partial charge in [0.05, 0.1) is 18.6 Å². The van der Waals surface area contributed by atoms with E-state index in [1.54, 1.807) is 0 Å². The smallest absolute Gasteiger partial charge is 0.130 e. The molecular weight excluding hydrogens is 238 g/mol. The fourth-order valence-corrected chi connectivity index (χ4v) is 3.32. The Balaban J connectivity index is 2.06. The van der Waals surface area contributed by atoms with Gasteiger partial charge in [-0.3, -0.25) is 0 Å². The van der Waals surface area contributed by atoms with E-state index in [4.69, 9.17) is 4.74 Å². The monoisotopic (exact) mass is 254 g/mol. The third-order valence-electron chi connectivity index (χ3n) is 4.77. The second-order valence-electron chi connectivity index (χ2n) is 5.49. The maximum Gasteiger partial charge on any atom is 0.130 e. The van der Waals surface area contributed by atoms with Crippen LogP contribution in [0.2, 0.25) is 0 Å². The summed E-state index contributed by atoms with van der Waals surface area (Å²) in [5, 5.41) is 9.69. The topological polar surface area (TPSA) is 29.5 Å². The molecule has 98 valence electrons. The van der Waals surface area contributed by atoms with Crippen molar-refractivity contribution in [2.24, 2.45) is 5.41 Å². The Labute approximate surface area is 105 Å². The van der Waals surface area contributed by atoms with Crippen LogP contribution in [0.4, 0.5) is 8.78 Å². The molecule has 0 unspecified atom stereocenters. The third kappa shape index (κ3) is 1.39. The predicted molar refractivity (Wildman–Crippen MR) is 62.2 cm³/mol. The molecule has 0 bridgehead atoms. The Morgan fingerprint density at radius 2 is 1.94 bits per heavy atom. The van der Waals surface area contributed by atoms with E-state index in [0.717, 1.165) is 25.3 Å². The minimum atomic E-state index is -0.571. The summed E-state index contributed by atoms with van der Waals surface area (Å²) in [6.45, 7) is 0.861. The van der Waals surface area contributed by atoms with Gasteiger partial charge in [-0.15, -0.1) is 0 Å². The van der Waals surface area contributed by atoms with Gasteiger partial charge in [0.2, 0.25) is 0 Å². The van der Waals surface area contributed by atoms with Crippen LogP contribution in [0.15, 0.2) is 18.2 Å². The second kappa shape index (κ2) is 4.00. The lowest BCUT2D eigenvalue weighted by atomic mass is 9.50. The molecule has 4 heteroatoms. The number of benzene rings is 1. The van der Waals surface area contributed by atoms with Crippen molar-refractivity contribution < 1.29 is 18.6 Å². The van der Waals surface area contributed by atoms with Crippen LogP contribution in [0.1, 0.15) is 24.8 Å². The first kappa shape index (κ1) is 12.1. The van der Waals surface area contributed by atoms with Gasteiger partial charge in [-0.05, 0) is 24.5 Å². The molecule has 1 N–H and O–H groups in total. The second-order valence-corrected chi connectivity index (χ2v) is 5.49. The van der Waals surface area contributed by atoms with Crippen LogP contribution in [0.5, 0.6) is 0 Å². The first-order valence-electron chi connectivity index (χ1n) is 6.28. The van der Waals surface area contributed by atoms with Gasteiger partial charge in [-0.25, -0.2) is 8.78 Å². The Bertz CT molecular complexity index is 459. The van der Waals surface area contributed by atoms with Crippen LogP contribution in [0, 0.1) is 17.0 Å². The molecule has 1 aliphatic carbocycles. The van der Waals surface area contributed by atoms with E-state index in [1.807, 2.05) is 0 Å². The summed E-state index contributed by atoms with van der Waals surface area (Å²) in [6, 6.07) is 3.70. The summed E-state index contributed by atoms with van der Waals surface area (Å²) in [4.78, 5) is 0. The molecule has 1 aromatic carbocycles. The molecule has 2 aliphatic rings. The molecule has 0 atom stereocenters. The lowest BCUT2D eigenvalue weighted by Crippen LogP contribution is -2.63. The summed E-state index contributed by atoms with van der Waals surface area (Å²) >= 11 is 0. The van der Waals surface area contributed by atoms with E-state index in [9.17, 15) is 13.9 Å². The molecule has 0 amide bonds. The molecule has 1 heterocycles. The van der Waals surface area contributed by atoms with E-state index < -0.39 is 17.0 Å². The van der Waals surface area contributed by atoms with Crippen molar-refractivity contribution in [1.82, 2.24) is 0 Å². The van der Waals surface area contributed by atoms with E-state index in [0.29, 0.717) is 18.8 Å². The van der Waals surface area contributed by atoms with Crippen LogP contribution in [0.25, 0.3) is 0 Å². The Morgan fingerprint density at radius 1 is 1.22 bits per heavy atom. The lowest BCUT2D eigenvalue weighted by molar-refractivity contribution is -0.174. The van der Waals surface area contributed by atoms with E-state index in [2.05, 4.69) is 0 Å². The first-order valence-corrected chi connectivity index (χ1v) is 6.28. The minimum Gasteiger partial charge on any atom is -0.396 e. The number of halogens is 2. The zero-order chi connectivity index (χ0) is 12.8. The summed E-state index contributed by atoms with van der Waals surface area (Å²) in [5.41, 5.74) is -0.272. The van der Waals surface area contributed by atoms with Crippen molar-refractivity contribution in [2.75, 3.05) is 19.8 Å². The van der Waals surface area contributed by atoms with E-state index >= 15 is 0 Å². The largest absolute Gasteiger partial charge is 0.396 e. The summed E-state index contributed by atoms with van der Waals surface area (Å²) in [6.07, 6.45) is 2.80. The summed E-state index contributed by atoms with van der Waals surface area (Å²) in [7, 11) is 0. The highest BCUT2D eigenvalue weighted by Crippen LogP contribution is 2.58. The van der Waals surface area contributed by atoms with Gasteiger partial charge >= 0.3 is 0 Å². The number of ether oxygens (including phenoxy) is 1. The van der Waals surface area contributed by atoms with Crippen LogP contribution in [-0.4, -0.2) is 24.9 Å². The van der Waals surface area contributed by atoms with E-state index in [1.165, 1.54) is 12.1 Å². The number of rotatable bonds is 3. The molecular formula is C14H16F2O2. The molecule has 0 spiro atoms. The fourth-order valence-electron chi connectivity index (χ4n) is 3.32. The molecule has 1 saturated heterocycles. The predicted octanol–water partition coefficient (Wildman–Crippen LogP) is 2.40. The van der Waals surface area contributed by atoms with Crippen molar-refractivity contribution in [1.29, 1.82) is 0 Å². The quantitative estimate of drug-likeness (QED) is 0.897. The number of hydrogen-bond donors (Lipinski definition) is 1. The molecule has 1 aromatic rings. The van der Waals surface area contributed by atoms with Gasteiger partial charge in [0.25, 0.3) is 0 Å². The standard InChI is InChI=1S/C14H16F2O2/c15-10-2-3-11(12(16)6-10)14(8-18-9-14)13(7-17)4-1-5-13/h2-3,6,17H,1,4-5,7-9H2. The van der Waals surface area contributed by atoms with Crippen molar-refractivity contribution in [3.8, 4) is 0 Å². The van der Waals surface area contributed by atoms with Crippen molar-refractivity contribution >= 4 is 0 Å². The Morgan fingerprint density at radius 3 is 2.33 bits per heavy atom. The molecule has 2 nitrogen and oxygen atoms in total. The van der Waals surface area contributed by atoms with Gasteiger partial charge < -0.3 is 9.84 Å². The summed E-state index contributed by atoms with van der Waals surface area (Å²) in [5.74, 6) is -1.10. The number of hydrogen-bond acceptors (Lipinski definition) is 2.